The first-order chi connectivity index (χ1) is 5.31. The van der Waals surface area contributed by atoms with Gasteiger partial charge in [-0.2, -0.15) is 0 Å². The van der Waals surface area contributed by atoms with E-state index >= 15 is 0 Å². The normalized spacial score (nSPS) is 11.5. The molecule has 2 bridgehead atoms. The molecule has 2 heterocycles. The van der Waals surface area contributed by atoms with Gasteiger partial charge in [0.2, 0.25) is 0 Å². The van der Waals surface area contributed by atoms with Crippen molar-refractivity contribution in [1.82, 2.24) is 0 Å². The number of hydrogen-bond acceptors (Lipinski definition) is 1. The minimum atomic E-state index is 0.666. The molecule has 2 heteroatoms. The third-order valence-electron chi connectivity index (χ3n) is 1.91. The van der Waals surface area contributed by atoms with Crippen LogP contribution < -0.4 is 0 Å². The van der Waals surface area contributed by atoms with E-state index in [0.29, 0.717) is 5.88 Å². The van der Waals surface area contributed by atoms with Crippen molar-refractivity contribution in [1.29, 1.82) is 0 Å². The number of hydrogen-bond donors (Lipinski definition) is 0. The molecule has 2 aromatic rings. The molecular formula is C9H9ClO. The number of furan rings is 2. The molecule has 58 valence electrons. The van der Waals surface area contributed by atoms with Gasteiger partial charge in [0.15, 0.2) is 0 Å². The van der Waals surface area contributed by atoms with Gasteiger partial charge in [0.05, 0.1) is 0 Å². The Morgan fingerprint density at radius 2 is 2.27 bits per heavy atom. The first-order valence-corrected chi connectivity index (χ1v) is 4.22. The van der Waals surface area contributed by atoms with Crippen LogP contribution in [0.15, 0.2) is 16.5 Å². The Morgan fingerprint density at radius 1 is 1.45 bits per heavy atom. The lowest BCUT2D eigenvalue weighted by Crippen LogP contribution is -1.84. The summed E-state index contributed by atoms with van der Waals surface area (Å²) in [7, 11) is 0. The maximum atomic E-state index is 5.63. The lowest BCUT2D eigenvalue weighted by molar-refractivity contribution is 0.671. The molecule has 0 saturated heterocycles. The van der Waals surface area contributed by atoms with Crippen LogP contribution in [0.25, 0.3) is 11.2 Å². The summed E-state index contributed by atoms with van der Waals surface area (Å²) in [5, 5.41) is 0. The highest BCUT2D eigenvalue weighted by Crippen LogP contribution is 2.26. The van der Waals surface area contributed by atoms with Crippen molar-refractivity contribution in [3.8, 4) is 0 Å². The highest BCUT2D eigenvalue weighted by atomic mass is 35.5. The number of aryl methyl sites for hydroxylation is 2. The molecular weight excluding hydrogens is 160 g/mol. The van der Waals surface area contributed by atoms with Crippen LogP contribution >= 0.6 is 11.6 Å². The van der Waals surface area contributed by atoms with Gasteiger partial charge in [-0.05, 0) is 36.6 Å². The molecule has 1 nitrogen and oxygen atoms in total. The van der Waals surface area contributed by atoms with Crippen LogP contribution in [0.4, 0.5) is 0 Å². The predicted octanol–water partition coefficient (Wildman–Crippen LogP) is 2.96. The number of rotatable bonds is 2. The first kappa shape index (κ1) is 6.99. The van der Waals surface area contributed by atoms with E-state index in [9.17, 15) is 0 Å². The fourth-order valence-electron chi connectivity index (χ4n) is 1.42. The fraction of sp³-hybridized carbons (Fsp3) is 0.333. The van der Waals surface area contributed by atoms with Gasteiger partial charge in [-0.1, -0.05) is 0 Å². The number of fused-ring (bicyclic) bond motifs is 2. The average Bonchev–Trinajstić information content (AvgIpc) is 2.46. The SMILES string of the molecule is Cc1cc2cc(CCCl)c1o2. The highest BCUT2D eigenvalue weighted by molar-refractivity contribution is 6.18. The van der Waals surface area contributed by atoms with Crippen LogP contribution in [0, 0.1) is 6.92 Å². The Hall–Kier alpha value is -0.690. The molecule has 0 amide bonds. The largest absolute Gasteiger partial charge is 0.457 e. The maximum absolute atomic E-state index is 5.63. The molecule has 0 fully saturated rings. The van der Waals surface area contributed by atoms with Gasteiger partial charge in [0.1, 0.15) is 11.2 Å². The van der Waals surface area contributed by atoms with E-state index in [1.54, 1.807) is 0 Å². The molecule has 2 rings (SSSR count). The molecule has 0 aliphatic carbocycles. The first-order valence-electron chi connectivity index (χ1n) is 3.68. The van der Waals surface area contributed by atoms with Crippen molar-refractivity contribution in [2.24, 2.45) is 0 Å². The standard InChI is InChI=1S/C9H9ClO/c1-6-4-8-5-7(2-3-10)9(6)11-8/h4-5H,2-3H2,1H3. The highest BCUT2D eigenvalue weighted by Gasteiger charge is 2.09. The summed E-state index contributed by atoms with van der Waals surface area (Å²) in [6, 6.07) is 4.11. The molecule has 0 radical (unpaired) electrons. The summed E-state index contributed by atoms with van der Waals surface area (Å²) in [5.41, 5.74) is 4.47. The van der Waals surface area contributed by atoms with Gasteiger partial charge >= 0.3 is 0 Å². The Labute approximate surface area is 70.3 Å². The summed E-state index contributed by atoms with van der Waals surface area (Å²) >= 11 is 5.63. The third kappa shape index (κ3) is 1.000. The van der Waals surface area contributed by atoms with Crippen molar-refractivity contribution >= 4 is 22.8 Å². The van der Waals surface area contributed by atoms with Crippen molar-refractivity contribution in [2.75, 3.05) is 5.88 Å². The molecule has 11 heavy (non-hydrogen) atoms. The quantitative estimate of drug-likeness (QED) is 0.629. The van der Waals surface area contributed by atoms with E-state index in [0.717, 1.165) is 17.6 Å². The monoisotopic (exact) mass is 168 g/mol. The Morgan fingerprint density at radius 3 is 2.82 bits per heavy atom. The van der Waals surface area contributed by atoms with Gasteiger partial charge in [-0.25, -0.2) is 0 Å². The minimum Gasteiger partial charge on any atom is -0.457 e. The lowest BCUT2D eigenvalue weighted by Gasteiger charge is -1.92. The predicted molar refractivity (Wildman–Crippen MR) is 46.6 cm³/mol. The van der Waals surface area contributed by atoms with Gasteiger partial charge in [0, 0.05) is 5.88 Å². The summed E-state index contributed by atoms with van der Waals surface area (Å²) in [6.45, 7) is 2.06. The molecule has 0 aromatic carbocycles. The van der Waals surface area contributed by atoms with Gasteiger partial charge in [-0.15, -0.1) is 11.6 Å². The lowest BCUT2D eigenvalue weighted by atomic mass is 10.1. The second-order valence-electron chi connectivity index (χ2n) is 2.77. The Bertz CT molecular complexity index is 350. The van der Waals surface area contributed by atoms with Crippen LogP contribution in [-0.2, 0) is 6.42 Å². The topological polar surface area (TPSA) is 13.1 Å². The summed E-state index contributed by atoms with van der Waals surface area (Å²) in [4.78, 5) is 0. The van der Waals surface area contributed by atoms with Crippen molar-refractivity contribution < 1.29 is 4.42 Å². The molecule has 0 atom stereocenters. The third-order valence-corrected chi connectivity index (χ3v) is 2.10. The van der Waals surface area contributed by atoms with Crippen LogP contribution in [-0.4, -0.2) is 5.88 Å². The summed E-state index contributed by atoms with van der Waals surface area (Å²) in [5.74, 6) is 0.666. The van der Waals surface area contributed by atoms with Crippen molar-refractivity contribution in [3.05, 3.63) is 23.3 Å². The molecule has 0 spiro atoms. The van der Waals surface area contributed by atoms with Gasteiger partial charge < -0.3 is 4.42 Å². The van der Waals surface area contributed by atoms with Crippen LogP contribution in [0.3, 0.4) is 0 Å². The van der Waals surface area contributed by atoms with Gasteiger partial charge in [0.25, 0.3) is 0 Å². The van der Waals surface area contributed by atoms with Crippen LogP contribution in [0.2, 0.25) is 0 Å². The summed E-state index contributed by atoms with van der Waals surface area (Å²) in [6.07, 6.45) is 0.908. The van der Waals surface area contributed by atoms with E-state index in [2.05, 4.69) is 13.0 Å². The van der Waals surface area contributed by atoms with E-state index < -0.39 is 0 Å². The van der Waals surface area contributed by atoms with Crippen LogP contribution in [0.1, 0.15) is 11.1 Å². The van der Waals surface area contributed by atoms with Crippen molar-refractivity contribution in [3.63, 3.8) is 0 Å². The molecule has 0 unspecified atom stereocenters. The fourth-order valence-corrected chi connectivity index (χ4v) is 1.63. The van der Waals surface area contributed by atoms with Crippen molar-refractivity contribution in [2.45, 2.75) is 13.3 Å². The van der Waals surface area contributed by atoms with E-state index in [1.807, 2.05) is 6.07 Å². The molecule has 0 N–H and O–H groups in total. The van der Waals surface area contributed by atoms with Crippen LogP contribution in [0.5, 0.6) is 0 Å². The zero-order valence-electron chi connectivity index (χ0n) is 6.36. The van der Waals surface area contributed by atoms with E-state index in [-0.39, 0.29) is 0 Å². The second-order valence-corrected chi connectivity index (χ2v) is 3.15. The smallest absolute Gasteiger partial charge is 0.133 e. The second kappa shape index (κ2) is 2.42. The number of benzene rings is 1. The number of alkyl halides is 1. The van der Waals surface area contributed by atoms with E-state index in [4.69, 9.17) is 16.0 Å². The van der Waals surface area contributed by atoms with Gasteiger partial charge in [-0.3, -0.25) is 0 Å². The summed E-state index contributed by atoms with van der Waals surface area (Å²) < 4.78 is 5.44. The molecule has 0 saturated carbocycles. The molecule has 0 aliphatic rings. The Balaban J connectivity index is 2.49. The Kier molecular flexibility index (Phi) is 1.53. The average molecular weight is 169 g/mol. The van der Waals surface area contributed by atoms with E-state index in [1.165, 1.54) is 11.1 Å². The molecule has 0 aliphatic heterocycles. The minimum absolute atomic E-state index is 0.666. The molecule has 2 aromatic heterocycles. The maximum Gasteiger partial charge on any atom is 0.133 e. The zero-order valence-corrected chi connectivity index (χ0v) is 7.11. The zero-order chi connectivity index (χ0) is 7.84. The number of halogens is 1.